The van der Waals surface area contributed by atoms with Gasteiger partial charge in [0.05, 0.1) is 16.7 Å². The highest BCUT2D eigenvalue weighted by Crippen LogP contribution is 2.41. The Kier molecular flexibility index (Phi) is 6.98. The number of hydrogen-bond acceptors (Lipinski definition) is 5. The summed E-state index contributed by atoms with van der Waals surface area (Å²) in [5.74, 6) is -0.937. The van der Waals surface area contributed by atoms with Crippen molar-refractivity contribution in [2.45, 2.75) is 55.7 Å². The summed E-state index contributed by atoms with van der Waals surface area (Å²) in [4.78, 5) is 25.4. The third kappa shape index (κ3) is 5.29. The fraction of sp³-hybridized carbons (Fsp3) is 0.417. The number of carbonyl (C=O) groups is 2. The fourth-order valence-electron chi connectivity index (χ4n) is 3.62. The van der Waals surface area contributed by atoms with Gasteiger partial charge in [-0.1, -0.05) is 52.3 Å². The molecule has 0 N–H and O–H groups in total. The number of carbonyl (C=O) groups excluding carboxylic acids is 2. The third-order valence-electron chi connectivity index (χ3n) is 5.46. The van der Waals surface area contributed by atoms with Gasteiger partial charge in [0.2, 0.25) is 0 Å². The molecule has 0 amide bonds. The molecule has 2 aromatic rings. The average molecular weight is 475 g/mol. The first-order chi connectivity index (χ1) is 14.2. The lowest BCUT2D eigenvalue weighted by molar-refractivity contribution is -0.210. The summed E-state index contributed by atoms with van der Waals surface area (Å²) in [6.45, 7) is 5.81. The van der Waals surface area contributed by atoms with Crippen LogP contribution in [0.4, 0.5) is 0 Å². The lowest BCUT2D eigenvalue weighted by Crippen LogP contribution is -2.57. The van der Waals surface area contributed by atoms with Crippen LogP contribution in [0.5, 0.6) is 0 Å². The van der Waals surface area contributed by atoms with Gasteiger partial charge in [-0.05, 0) is 57.9 Å². The molecule has 1 fully saturated rings. The van der Waals surface area contributed by atoms with E-state index in [1.54, 1.807) is 48.5 Å². The van der Waals surface area contributed by atoms with Crippen LogP contribution >= 0.6 is 15.9 Å². The Labute approximate surface area is 185 Å². The van der Waals surface area contributed by atoms with Gasteiger partial charge >= 0.3 is 11.9 Å². The summed E-state index contributed by atoms with van der Waals surface area (Å²) in [5, 5.41) is 0. The molecule has 0 saturated carbocycles. The molecule has 0 unspecified atom stereocenters. The molecule has 1 heterocycles. The monoisotopic (exact) mass is 474 g/mol. The van der Waals surface area contributed by atoms with E-state index < -0.39 is 29.2 Å². The van der Waals surface area contributed by atoms with Crippen LogP contribution in [0.15, 0.2) is 60.7 Å². The van der Waals surface area contributed by atoms with E-state index in [0.29, 0.717) is 17.5 Å². The molecule has 6 heteroatoms. The molecule has 0 bridgehead atoms. The molecular weight excluding hydrogens is 448 g/mol. The van der Waals surface area contributed by atoms with Crippen LogP contribution in [0.3, 0.4) is 0 Å². The van der Waals surface area contributed by atoms with E-state index in [4.69, 9.17) is 14.2 Å². The van der Waals surface area contributed by atoms with Crippen molar-refractivity contribution in [2.24, 2.45) is 0 Å². The molecule has 2 aromatic carbocycles. The summed E-state index contributed by atoms with van der Waals surface area (Å²) in [7, 11) is 0. The van der Waals surface area contributed by atoms with Crippen molar-refractivity contribution in [1.82, 2.24) is 0 Å². The number of ether oxygens (including phenoxy) is 3. The van der Waals surface area contributed by atoms with Gasteiger partial charge in [0.1, 0.15) is 12.2 Å². The molecule has 0 radical (unpaired) electrons. The Bertz CT molecular complexity index is 868. The van der Waals surface area contributed by atoms with Crippen LogP contribution in [-0.4, -0.2) is 40.7 Å². The highest BCUT2D eigenvalue weighted by Gasteiger charge is 2.49. The minimum atomic E-state index is -0.796. The van der Waals surface area contributed by atoms with Crippen molar-refractivity contribution in [3.63, 3.8) is 0 Å². The first-order valence-electron chi connectivity index (χ1n) is 10.0. The molecule has 0 spiro atoms. The highest BCUT2D eigenvalue weighted by atomic mass is 79.9. The molecule has 0 aliphatic carbocycles. The van der Waals surface area contributed by atoms with Crippen molar-refractivity contribution in [3.8, 4) is 0 Å². The molecule has 1 saturated heterocycles. The third-order valence-corrected chi connectivity index (χ3v) is 7.02. The molecule has 5 nitrogen and oxygen atoms in total. The quantitative estimate of drug-likeness (QED) is 0.426. The summed E-state index contributed by atoms with van der Waals surface area (Å²) in [6.07, 6.45) is 0.745. The predicted octanol–water partition coefficient (Wildman–Crippen LogP) is 5.18. The second kappa shape index (κ2) is 9.31. The molecule has 30 heavy (non-hydrogen) atoms. The Morgan fingerprint density at radius 1 is 1.00 bits per heavy atom. The van der Waals surface area contributed by atoms with Crippen molar-refractivity contribution in [3.05, 3.63) is 71.8 Å². The van der Waals surface area contributed by atoms with Crippen LogP contribution in [0.2, 0.25) is 0 Å². The number of hydrogen-bond donors (Lipinski definition) is 0. The summed E-state index contributed by atoms with van der Waals surface area (Å²) >= 11 is 3.67. The van der Waals surface area contributed by atoms with Crippen LogP contribution < -0.4 is 0 Å². The lowest BCUT2D eigenvalue weighted by atomic mass is 9.84. The smallest absolute Gasteiger partial charge is 0.338 e. The average Bonchev–Trinajstić information content (AvgIpc) is 2.74. The minimum absolute atomic E-state index is 0.0914. The van der Waals surface area contributed by atoms with Gasteiger partial charge < -0.3 is 14.2 Å². The van der Waals surface area contributed by atoms with Gasteiger partial charge in [0.25, 0.3) is 0 Å². The van der Waals surface area contributed by atoms with Gasteiger partial charge in [0, 0.05) is 4.83 Å². The number of benzene rings is 2. The predicted molar refractivity (Wildman–Crippen MR) is 118 cm³/mol. The Hall–Kier alpha value is -2.18. The number of esters is 2. The van der Waals surface area contributed by atoms with Gasteiger partial charge in [-0.25, -0.2) is 9.59 Å². The fourth-order valence-corrected chi connectivity index (χ4v) is 3.94. The lowest BCUT2D eigenvalue weighted by Gasteiger charge is -2.48. The maximum Gasteiger partial charge on any atom is 0.338 e. The SMILES string of the molecule is CC1(C)O[C@](C)([C@@H](COC(=O)c2ccccc2)OC(=O)c2ccccc2)CC[C@@H]1Br. The Morgan fingerprint density at radius 3 is 2.07 bits per heavy atom. The zero-order valence-electron chi connectivity index (χ0n) is 17.5. The maximum absolute atomic E-state index is 12.8. The van der Waals surface area contributed by atoms with Crippen molar-refractivity contribution >= 4 is 27.9 Å². The van der Waals surface area contributed by atoms with Crippen molar-refractivity contribution in [2.75, 3.05) is 6.61 Å². The number of halogens is 1. The molecule has 0 aromatic heterocycles. The molecular formula is C24H27BrO5. The first kappa shape index (κ1) is 22.5. The van der Waals surface area contributed by atoms with E-state index >= 15 is 0 Å². The summed E-state index contributed by atoms with van der Waals surface area (Å²) in [6, 6.07) is 17.5. The summed E-state index contributed by atoms with van der Waals surface area (Å²) < 4.78 is 17.8. The van der Waals surface area contributed by atoms with E-state index in [1.165, 1.54) is 0 Å². The van der Waals surface area contributed by atoms with Crippen LogP contribution in [0.25, 0.3) is 0 Å². The first-order valence-corrected chi connectivity index (χ1v) is 11.0. The number of rotatable bonds is 6. The van der Waals surface area contributed by atoms with Crippen molar-refractivity contribution in [1.29, 1.82) is 0 Å². The van der Waals surface area contributed by atoms with E-state index in [2.05, 4.69) is 15.9 Å². The van der Waals surface area contributed by atoms with Gasteiger partial charge in [0.15, 0.2) is 6.10 Å². The largest absolute Gasteiger partial charge is 0.458 e. The Morgan fingerprint density at radius 2 is 1.53 bits per heavy atom. The molecule has 1 aliphatic rings. The van der Waals surface area contributed by atoms with Gasteiger partial charge in [-0.2, -0.15) is 0 Å². The zero-order valence-corrected chi connectivity index (χ0v) is 19.1. The normalized spacial score (nSPS) is 23.9. The van der Waals surface area contributed by atoms with E-state index in [0.717, 1.165) is 6.42 Å². The van der Waals surface area contributed by atoms with Crippen LogP contribution in [0.1, 0.15) is 54.3 Å². The highest BCUT2D eigenvalue weighted by molar-refractivity contribution is 9.09. The van der Waals surface area contributed by atoms with Crippen molar-refractivity contribution < 1.29 is 23.8 Å². The Balaban J connectivity index is 1.79. The zero-order chi connectivity index (χ0) is 21.8. The minimum Gasteiger partial charge on any atom is -0.458 e. The standard InChI is InChI=1S/C24H27BrO5/c1-23(2)19(25)14-15-24(3,30-23)20(29-22(27)18-12-8-5-9-13-18)16-28-21(26)17-10-6-4-7-11-17/h4-13,19-20H,14-16H2,1-3H3/t19-,20+,24-/m0/s1. The summed E-state index contributed by atoms with van der Waals surface area (Å²) in [5.41, 5.74) is -0.377. The van der Waals surface area contributed by atoms with E-state index in [-0.39, 0.29) is 11.4 Å². The van der Waals surface area contributed by atoms with Crippen LogP contribution in [-0.2, 0) is 14.2 Å². The second-order valence-corrected chi connectivity index (χ2v) is 9.35. The molecule has 3 atom stereocenters. The second-order valence-electron chi connectivity index (χ2n) is 8.25. The molecule has 160 valence electrons. The number of alkyl halides is 1. The van der Waals surface area contributed by atoms with Gasteiger partial charge in [-0.3, -0.25) is 0 Å². The molecule has 1 aliphatic heterocycles. The van der Waals surface area contributed by atoms with E-state index in [9.17, 15) is 9.59 Å². The van der Waals surface area contributed by atoms with E-state index in [1.807, 2.05) is 32.9 Å². The van der Waals surface area contributed by atoms with Crippen LogP contribution in [0, 0.1) is 0 Å². The topological polar surface area (TPSA) is 61.8 Å². The molecule has 3 rings (SSSR count). The maximum atomic E-state index is 12.8. The van der Waals surface area contributed by atoms with Gasteiger partial charge in [-0.15, -0.1) is 0 Å².